The first-order chi connectivity index (χ1) is 15.9. The molecule has 2 unspecified atom stereocenters. The number of aromatic nitrogens is 3. The zero-order chi connectivity index (χ0) is 23.4. The number of amides is 1. The standard InChI is InChI=1S/C26H33N5O2/c1-18-12-19(2)16-30(15-18)17-22-10-8-21(9-11-22)14-27-26(32)25-20(3)31(29-28-25)23-6-5-7-24(13-23)33-4/h5-11,13,18-19H,12,14-17H2,1-4H3,(H,27,32). The minimum atomic E-state index is -0.234. The SMILES string of the molecule is COc1cccc(-n2nnc(C(=O)NCc3ccc(CN4CC(C)CC(C)C4)cc3)c2C)c1. The van der Waals surface area contributed by atoms with Gasteiger partial charge in [-0.25, -0.2) is 4.68 Å². The molecular weight excluding hydrogens is 414 g/mol. The number of methoxy groups -OCH3 is 1. The Balaban J connectivity index is 1.35. The lowest BCUT2D eigenvalue weighted by Crippen LogP contribution is -2.38. The van der Waals surface area contributed by atoms with Crippen molar-refractivity contribution in [2.45, 2.75) is 40.3 Å². The maximum absolute atomic E-state index is 12.7. The summed E-state index contributed by atoms with van der Waals surface area (Å²) in [6.45, 7) is 10.3. The van der Waals surface area contributed by atoms with Crippen LogP contribution in [-0.4, -0.2) is 46.0 Å². The highest BCUT2D eigenvalue weighted by molar-refractivity contribution is 5.93. The number of ether oxygens (including phenoxy) is 1. The van der Waals surface area contributed by atoms with E-state index < -0.39 is 0 Å². The Labute approximate surface area is 195 Å². The van der Waals surface area contributed by atoms with Crippen LogP contribution in [0.3, 0.4) is 0 Å². The van der Waals surface area contributed by atoms with Crippen molar-refractivity contribution in [3.8, 4) is 11.4 Å². The number of benzene rings is 2. The molecule has 7 heteroatoms. The van der Waals surface area contributed by atoms with E-state index in [0.29, 0.717) is 17.9 Å². The van der Waals surface area contributed by atoms with Gasteiger partial charge < -0.3 is 10.1 Å². The van der Waals surface area contributed by atoms with E-state index in [4.69, 9.17) is 4.74 Å². The Hall–Kier alpha value is -3.19. The van der Waals surface area contributed by atoms with Gasteiger partial charge in [0.25, 0.3) is 5.91 Å². The highest BCUT2D eigenvalue weighted by atomic mass is 16.5. The van der Waals surface area contributed by atoms with Crippen LogP contribution in [0.1, 0.15) is 47.6 Å². The first kappa shape index (κ1) is 23.0. The molecule has 4 rings (SSSR count). The van der Waals surface area contributed by atoms with E-state index in [9.17, 15) is 4.79 Å². The molecule has 1 aliphatic heterocycles. The van der Waals surface area contributed by atoms with Gasteiger partial charge in [-0.2, -0.15) is 0 Å². The third-order valence-corrected chi connectivity index (χ3v) is 6.23. The predicted octanol–water partition coefficient (Wildman–Crippen LogP) is 3.99. The highest BCUT2D eigenvalue weighted by Gasteiger charge is 2.21. The van der Waals surface area contributed by atoms with Gasteiger partial charge in [-0.3, -0.25) is 9.69 Å². The molecule has 0 aliphatic carbocycles. The van der Waals surface area contributed by atoms with Gasteiger partial charge in [0.2, 0.25) is 0 Å². The van der Waals surface area contributed by atoms with Crippen molar-refractivity contribution < 1.29 is 9.53 Å². The molecule has 0 bridgehead atoms. The van der Waals surface area contributed by atoms with Gasteiger partial charge in [-0.1, -0.05) is 49.4 Å². The summed E-state index contributed by atoms with van der Waals surface area (Å²) in [6, 6.07) is 16.0. The summed E-state index contributed by atoms with van der Waals surface area (Å²) in [5.41, 5.74) is 4.17. The van der Waals surface area contributed by atoms with Crippen LogP contribution in [0.4, 0.5) is 0 Å². The predicted molar refractivity (Wildman–Crippen MR) is 128 cm³/mol. The Morgan fingerprint density at radius 2 is 1.79 bits per heavy atom. The molecule has 1 N–H and O–H groups in total. The second-order valence-corrected chi connectivity index (χ2v) is 9.28. The Morgan fingerprint density at radius 1 is 1.09 bits per heavy atom. The quantitative estimate of drug-likeness (QED) is 0.593. The highest BCUT2D eigenvalue weighted by Crippen LogP contribution is 2.22. The van der Waals surface area contributed by atoms with Gasteiger partial charge in [0.15, 0.2) is 5.69 Å². The average molecular weight is 448 g/mol. The van der Waals surface area contributed by atoms with E-state index in [2.05, 4.69) is 58.6 Å². The summed E-state index contributed by atoms with van der Waals surface area (Å²) in [6.07, 6.45) is 1.32. The maximum atomic E-state index is 12.7. The number of rotatable bonds is 7. The lowest BCUT2D eigenvalue weighted by atomic mass is 9.91. The molecule has 1 aliphatic rings. The third kappa shape index (κ3) is 5.60. The van der Waals surface area contributed by atoms with Gasteiger partial charge in [0, 0.05) is 32.2 Å². The second-order valence-electron chi connectivity index (χ2n) is 9.28. The van der Waals surface area contributed by atoms with E-state index in [0.717, 1.165) is 48.5 Å². The zero-order valence-corrected chi connectivity index (χ0v) is 19.9. The molecule has 1 saturated heterocycles. The van der Waals surface area contributed by atoms with E-state index >= 15 is 0 Å². The minimum absolute atomic E-state index is 0.234. The maximum Gasteiger partial charge on any atom is 0.274 e. The summed E-state index contributed by atoms with van der Waals surface area (Å²) < 4.78 is 6.92. The van der Waals surface area contributed by atoms with E-state index in [-0.39, 0.29) is 5.91 Å². The number of hydrogen-bond donors (Lipinski definition) is 1. The van der Waals surface area contributed by atoms with E-state index in [1.165, 1.54) is 12.0 Å². The number of carbonyl (C=O) groups is 1. The fourth-order valence-corrected chi connectivity index (χ4v) is 4.73. The molecule has 1 fully saturated rings. The molecule has 1 aromatic heterocycles. The van der Waals surface area contributed by atoms with Crippen LogP contribution in [-0.2, 0) is 13.1 Å². The van der Waals surface area contributed by atoms with Gasteiger partial charge in [0.05, 0.1) is 18.5 Å². The number of likely N-dealkylation sites (tertiary alicyclic amines) is 1. The monoisotopic (exact) mass is 447 g/mol. The molecule has 174 valence electrons. The van der Waals surface area contributed by atoms with Crippen LogP contribution in [0, 0.1) is 18.8 Å². The zero-order valence-electron chi connectivity index (χ0n) is 19.9. The van der Waals surface area contributed by atoms with Crippen molar-refractivity contribution in [2.24, 2.45) is 11.8 Å². The molecule has 0 radical (unpaired) electrons. The Kier molecular flexibility index (Phi) is 7.08. The van der Waals surface area contributed by atoms with Crippen molar-refractivity contribution in [1.29, 1.82) is 0 Å². The van der Waals surface area contributed by atoms with E-state index in [1.807, 2.05) is 31.2 Å². The topological polar surface area (TPSA) is 72.3 Å². The summed E-state index contributed by atoms with van der Waals surface area (Å²) in [4.78, 5) is 15.3. The summed E-state index contributed by atoms with van der Waals surface area (Å²) in [7, 11) is 1.62. The second kappa shape index (κ2) is 10.2. The number of nitrogens with one attached hydrogen (secondary N) is 1. The lowest BCUT2D eigenvalue weighted by Gasteiger charge is -2.35. The average Bonchev–Trinajstić information content (AvgIpc) is 3.19. The molecule has 2 heterocycles. The molecule has 0 saturated carbocycles. The van der Waals surface area contributed by atoms with Crippen LogP contribution in [0.15, 0.2) is 48.5 Å². The third-order valence-electron chi connectivity index (χ3n) is 6.23. The molecule has 7 nitrogen and oxygen atoms in total. The van der Waals surface area contributed by atoms with Crippen LogP contribution in [0.2, 0.25) is 0 Å². The number of hydrogen-bond acceptors (Lipinski definition) is 5. The molecular formula is C26H33N5O2. The summed E-state index contributed by atoms with van der Waals surface area (Å²) in [5, 5.41) is 11.2. The van der Waals surface area contributed by atoms with E-state index in [1.54, 1.807) is 11.8 Å². The van der Waals surface area contributed by atoms with Crippen molar-refractivity contribution >= 4 is 5.91 Å². The number of nitrogens with zero attached hydrogens (tertiary/aromatic N) is 4. The van der Waals surface area contributed by atoms with Gasteiger partial charge in [-0.05, 0) is 48.4 Å². The van der Waals surface area contributed by atoms with Crippen molar-refractivity contribution in [3.05, 3.63) is 71.0 Å². The fraction of sp³-hybridized carbons (Fsp3) is 0.423. The Morgan fingerprint density at radius 3 is 2.48 bits per heavy atom. The van der Waals surface area contributed by atoms with Gasteiger partial charge >= 0.3 is 0 Å². The molecule has 2 aromatic carbocycles. The first-order valence-corrected chi connectivity index (χ1v) is 11.6. The molecule has 33 heavy (non-hydrogen) atoms. The number of piperidine rings is 1. The Bertz CT molecular complexity index is 1080. The molecule has 3 aromatic rings. The lowest BCUT2D eigenvalue weighted by molar-refractivity contribution is 0.0945. The first-order valence-electron chi connectivity index (χ1n) is 11.6. The van der Waals surface area contributed by atoms with Gasteiger partial charge in [0.1, 0.15) is 5.75 Å². The minimum Gasteiger partial charge on any atom is -0.497 e. The number of carbonyl (C=O) groups excluding carboxylic acids is 1. The van der Waals surface area contributed by atoms with Crippen LogP contribution < -0.4 is 10.1 Å². The summed E-state index contributed by atoms with van der Waals surface area (Å²) in [5.74, 6) is 2.00. The van der Waals surface area contributed by atoms with Crippen molar-refractivity contribution in [3.63, 3.8) is 0 Å². The molecule has 2 atom stereocenters. The fourth-order valence-electron chi connectivity index (χ4n) is 4.73. The van der Waals surface area contributed by atoms with Crippen LogP contribution >= 0.6 is 0 Å². The van der Waals surface area contributed by atoms with Crippen LogP contribution in [0.25, 0.3) is 5.69 Å². The van der Waals surface area contributed by atoms with Gasteiger partial charge in [-0.15, -0.1) is 5.10 Å². The molecule has 1 amide bonds. The largest absolute Gasteiger partial charge is 0.497 e. The summed E-state index contributed by atoms with van der Waals surface area (Å²) >= 11 is 0. The van der Waals surface area contributed by atoms with Crippen molar-refractivity contribution in [2.75, 3.05) is 20.2 Å². The van der Waals surface area contributed by atoms with Crippen molar-refractivity contribution in [1.82, 2.24) is 25.2 Å². The smallest absolute Gasteiger partial charge is 0.274 e. The molecule has 0 spiro atoms. The van der Waals surface area contributed by atoms with Crippen LogP contribution in [0.5, 0.6) is 5.75 Å². The normalized spacial score (nSPS) is 18.8.